The number of nitrogens with one attached hydrogen (secondary N) is 1. The van der Waals surface area contributed by atoms with Gasteiger partial charge in [0.15, 0.2) is 0 Å². The maximum Gasteiger partial charge on any atom is 0.341 e. The number of aromatic nitrogens is 2. The molecule has 0 unspecified atom stereocenters. The number of carbonyl (C=O) groups excluding carboxylic acids is 1. The molecule has 0 atom stereocenters. The summed E-state index contributed by atoms with van der Waals surface area (Å²) in [5.74, 6) is 0.852. The van der Waals surface area contributed by atoms with E-state index >= 15 is 0 Å². The van der Waals surface area contributed by atoms with E-state index in [-0.39, 0.29) is 5.97 Å². The molecule has 18 heavy (non-hydrogen) atoms. The zero-order valence-corrected chi connectivity index (χ0v) is 10.6. The van der Waals surface area contributed by atoms with Gasteiger partial charge in [-0.15, -0.1) is 0 Å². The van der Waals surface area contributed by atoms with Gasteiger partial charge in [0, 0.05) is 13.2 Å². The molecule has 0 radical (unpaired) electrons. The van der Waals surface area contributed by atoms with Crippen LogP contribution in [0.5, 0.6) is 0 Å². The molecule has 2 rings (SSSR count). The Morgan fingerprint density at radius 1 is 1.61 bits per heavy atom. The van der Waals surface area contributed by atoms with Crippen LogP contribution in [0.25, 0.3) is 0 Å². The van der Waals surface area contributed by atoms with Gasteiger partial charge in [0.05, 0.1) is 25.5 Å². The summed E-state index contributed by atoms with van der Waals surface area (Å²) >= 11 is 0. The summed E-state index contributed by atoms with van der Waals surface area (Å²) in [6, 6.07) is 1.69. The molecule has 0 aliphatic carbocycles. The van der Waals surface area contributed by atoms with Gasteiger partial charge in [-0.25, -0.2) is 4.79 Å². The zero-order chi connectivity index (χ0) is 13.1. The van der Waals surface area contributed by atoms with Crippen molar-refractivity contribution in [3.05, 3.63) is 35.5 Å². The van der Waals surface area contributed by atoms with Crippen LogP contribution in [0.15, 0.2) is 22.9 Å². The lowest BCUT2D eigenvalue weighted by molar-refractivity contribution is 0.0599. The molecule has 0 aromatic carbocycles. The molecule has 0 amide bonds. The van der Waals surface area contributed by atoms with Gasteiger partial charge >= 0.3 is 5.97 Å². The molecule has 1 N–H and O–H groups in total. The average molecular weight is 249 g/mol. The van der Waals surface area contributed by atoms with E-state index in [0.29, 0.717) is 23.6 Å². The van der Waals surface area contributed by atoms with E-state index in [1.165, 1.54) is 7.11 Å². The van der Waals surface area contributed by atoms with Gasteiger partial charge in [-0.2, -0.15) is 5.10 Å². The predicted molar refractivity (Wildman–Crippen MR) is 65.3 cm³/mol. The number of carbonyl (C=O) groups is 1. The van der Waals surface area contributed by atoms with Gasteiger partial charge in [-0.05, 0) is 13.0 Å². The Labute approximate surface area is 105 Å². The summed E-state index contributed by atoms with van der Waals surface area (Å²) in [7, 11) is 3.19. The highest BCUT2D eigenvalue weighted by Gasteiger charge is 2.15. The van der Waals surface area contributed by atoms with Crippen molar-refractivity contribution >= 4 is 11.7 Å². The van der Waals surface area contributed by atoms with E-state index in [0.717, 1.165) is 5.69 Å². The first-order valence-corrected chi connectivity index (χ1v) is 5.50. The third-order valence-corrected chi connectivity index (χ3v) is 2.55. The summed E-state index contributed by atoms with van der Waals surface area (Å²) in [4.78, 5) is 11.4. The lowest BCUT2D eigenvalue weighted by Gasteiger charge is -1.98. The Balaban J connectivity index is 2.04. The molecule has 0 bridgehead atoms. The van der Waals surface area contributed by atoms with E-state index in [4.69, 9.17) is 4.42 Å². The molecule has 2 aromatic rings. The van der Waals surface area contributed by atoms with Crippen LogP contribution in [0.1, 0.15) is 21.9 Å². The second-order valence-electron chi connectivity index (χ2n) is 3.93. The van der Waals surface area contributed by atoms with Gasteiger partial charge in [0.1, 0.15) is 17.1 Å². The molecular weight excluding hydrogens is 234 g/mol. The quantitative estimate of drug-likeness (QED) is 0.835. The van der Waals surface area contributed by atoms with Crippen LogP contribution < -0.4 is 5.32 Å². The van der Waals surface area contributed by atoms with Crippen molar-refractivity contribution in [3.8, 4) is 0 Å². The summed E-state index contributed by atoms with van der Waals surface area (Å²) in [6.45, 7) is 2.23. The summed E-state index contributed by atoms with van der Waals surface area (Å²) < 4.78 is 11.8. The first kappa shape index (κ1) is 12.2. The van der Waals surface area contributed by atoms with Crippen LogP contribution in [0.2, 0.25) is 0 Å². The van der Waals surface area contributed by atoms with Crippen molar-refractivity contribution in [2.75, 3.05) is 12.4 Å². The highest BCUT2D eigenvalue weighted by molar-refractivity contribution is 5.90. The lowest BCUT2D eigenvalue weighted by atomic mass is 10.2. The first-order valence-electron chi connectivity index (χ1n) is 5.50. The number of nitrogens with zero attached hydrogens (tertiary/aromatic N) is 2. The smallest absolute Gasteiger partial charge is 0.341 e. The summed E-state index contributed by atoms with van der Waals surface area (Å²) in [6.07, 6.45) is 3.58. The zero-order valence-electron chi connectivity index (χ0n) is 10.6. The SMILES string of the molecule is COC(=O)c1cc(CNc2cnn(C)c2)oc1C. The summed E-state index contributed by atoms with van der Waals surface area (Å²) in [5.41, 5.74) is 1.35. The van der Waals surface area contributed by atoms with Crippen LogP contribution in [0, 0.1) is 6.92 Å². The first-order chi connectivity index (χ1) is 8.60. The van der Waals surface area contributed by atoms with E-state index < -0.39 is 0 Å². The second-order valence-corrected chi connectivity index (χ2v) is 3.93. The molecule has 0 saturated carbocycles. The lowest BCUT2D eigenvalue weighted by Crippen LogP contribution is -2.01. The van der Waals surface area contributed by atoms with E-state index in [1.54, 1.807) is 23.9 Å². The number of anilines is 1. The fourth-order valence-corrected chi connectivity index (χ4v) is 1.65. The number of hydrogen-bond donors (Lipinski definition) is 1. The predicted octanol–water partition coefficient (Wildman–Crippen LogP) is 1.72. The van der Waals surface area contributed by atoms with Gasteiger partial charge in [0.2, 0.25) is 0 Å². The number of rotatable bonds is 4. The van der Waals surface area contributed by atoms with Crippen molar-refractivity contribution in [3.63, 3.8) is 0 Å². The number of methoxy groups -OCH3 is 1. The Kier molecular flexibility index (Phi) is 3.36. The van der Waals surface area contributed by atoms with Crippen LogP contribution in [-0.2, 0) is 18.3 Å². The maximum absolute atomic E-state index is 11.4. The molecule has 0 aliphatic heterocycles. The molecular formula is C12H15N3O3. The minimum absolute atomic E-state index is 0.385. The molecule has 96 valence electrons. The van der Waals surface area contributed by atoms with Crippen molar-refractivity contribution in [1.29, 1.82) is 0 Å². The number of esters is 1. The standard InChI is InChI=1S/C12H15N3O3/c1-8-11(12(16)17-3)4-10(18-8)6-13-9-5-14-15(2)7-9/h4-5,7,13H,6H2,1-3H3. The van der Waals surface area contributed by atoms with Gasteiger partial charge in [-0.3, -0.25) is 4.68 Å². The number of furan rings is 1. The van der Waals surface area contributed by atoms with E-state index in [9.17, 15) is 4.79 Å². The van der Waals surface area contributed by atoms with Gasteiger partial charge in [0.25, 0.3) is 0 Å². The average Bonchev–Trinajstić information content (AvgIpc) is 2.92. The van der Waals surface area contributed by atoms with Crippen molar-refractivity contribution in [2.24, 2.45) is 7.05 Å². The highest BCUT2D eigenvalue weighted by Crippen LogP contribution is 2.17. The number of ether oxygens (including phenoxy) is 1. The van der Waals surface area contributed by atoms with Gasteiger partial charge < -0.3 is 14.5 Å². The fourth-order valence-electron chi connectivity index (χ4n) is 1.65. The second kappa shape index (κ2) is 4.95. The highest BCUT2D eigenvalue weighted by atomic mass is 16.5. The van der Waals surface area contributed by atoms with E-state index in [2.05, 4.69) is 15.2 Å². The molecule has 6 heteroatoms. The van der Waals surface area contributed by atoms with Crippen LogP contribution in [0.3, 0.4) is 0 Å². The van der Waals surface area contributed by atoms with E-state index in [1.807, 2.05) is 13.2 Å². The third kappa shape index (κ3) is 2.53. The molecule has 2 heterocycles. The van der Waals surface area contributed by atoms with Crippen molar-refractivity contribution in [1.82, 2.24) is 9.78 Å². The number of aryl methyl sites for hydroxylation is 2. The minimum atomic E-state index is -0.385. The molecule has 0 fully saturated rings. The van der Waals surface area contributed by atoms with Crippen LogP contribution in [0.4, 0.5) is 5.69 Å². The largest absolute Gasteiger partial charge is 0.465 e. The monoisotopic (exact) mass is 249 g/mol. The van der Waals surface area contributed by atoms with Crippen LogP contribution >= 0.6 is 0 Å². The minimum Gasteiger partial charge on any atom is -0.465 e. The Morgan fingerprint density at radius 2 is 2.39 bits per heavy atom. The van der Waals surface area contributed by atoms with Gasteiger partial charge in [-0.1, -0.05) is 0 Å². The van der Waals surface area contributed by atoms with Crippen molar-refractivity contribution in [2.45, 2.75) is 13.5 Å². The summed E-state index contributed by atoms with van der Waals surface area (Å²) in [5, 5.41) is 7.19. The maximum atomic E-state index is 11.4. The Morgan fingerprint density at radius 3 is 3.00 bits per heavy atom. The molecule has 2 aromatic heterocycles. The molecule has 6 nitrogen and oxygen atoms in total. The molecule has 0 aliphatic rings. The topological polar surface area (TPSA) is 69.3 Å². The number of hydrogen-bond acceptors (Lipinski definition) is 5. The van der Waals surface area contributed by atoms with Crippen LogP contribution in [-0.4, -0.2) is 22.9 Å². The molecule has 0 saturated heterocycles. The Bertz CT molecular complexity index is 557. The Hall–Kier alpha value is -2.24. The molecule has 0 spiro atoms. The normalized spacial score (nSPS) is 10.4. The van der Waals surface area contributed by atoms with Crippen molar-refractivity contribution < 1.29 is 13.9 Å². The fraction of sp³-hybridized carbons (Fsp3) is 0.333. The third-order valence-electron chi connectivity index (χ3n) is 2.55.